The molecule has 76 valence electrons. The molecule has 0 radical (unpaired) electrons. The van der Waals surface area contributed by atoms with Crippen molar-refractivity contribution in [3.63, 3.8) is 0 Å². The summed E-state index contributed by atoms with van der Waals surface area (Å²) in [5.74, 6) is 0.946. The fourth-order valence-corrected chi connectivity index (χ4v) is 2.93. The Hall–Kier alpha value is -0.770. The molecular formula is C13H19N. The fourth-order valence-electron chi connectivity index (χ4n) is 2.93. The molecule has 0 aromatic heterocycles. The molecular weight excluding hydrogens is 170 g/mol. The van der Waals surface area contributed by atoms with E-state index >= 15 is 0 Å². The molecule has 0 heterocycles. The van der Waals surface area contributed by atoms with E-state index in [2.05, 4.69) is 12.1 Å². The summed E-state index contributed by atoms with van der Waals surface area (Å²) in [5, 5.41) is 9.11. The first-order chi connectivity index (χ1) is 6.92. The molecule has 0 unspecified atom stereocenters. The molecule has 2 aliphatic rings. The average Bonchev–Trinajstić information content (AvgIpc) is 2.18. The molecule has 0 aromatic carbocycles. The highest BCUT2D eigenvalue weighted by atomic mass is 14.4. The molecule has 2 atom stereocenters. The van der Waals surface area contributed by atoms with Crippen LogP contribution in [-0.2, 0) is 0 Å². The van der Waals surface area contributed by atoms with Crippen molar-refractivity contribution in [3.05, 3.63) is 11.6 Å². The monoisotopic (exact) mass is 189 g/mol. The molecule has 1 fully saturated rings. The van der Waals surface area contributed by atoms with Gasteiger partial charge in [0, 0.05) is 0 Å². The average molecular weight is 189 g/mol. The van der Waals surface area contributed by atoms with Gasteiger partial charge in [0.25, 0.3) is 0 Å². The van der Waals surface area contributed by atoms with Crippen molar-refractivity contribution in [2.24, 2.45) is 11.8 Å². The molecule has 0 saturated heterocycles. The van der Waals surface area contributed by atoms with Gasteiger partial charge < -0.3 is 0 Å². The Bertz CT molecular complexity index is 259. The third kappa shape index (κ3) is 2.00. The summed E-state index contributed by atoms with van der Waals surface area (Å²) in [7, 11) is 0. The normalized spacial score (nSPS) is 33.2. The second-order valence-corrected chi connectivity index (χ2v) is 4.65. The summed E-state index contributed by atoms with van der Waals surface area (Å²) >= 11 is 0. The molecule has 0 bridgehead atoms. The van der Waals surface area contributed by atoms with Crippen LogP contribution in [-0.4, -0.2) is 0 Å². The fraction of sp³-hybridized carbons (Fsp3) is 0.769. The van der Waals surface area contributed by atoms with Gasteiger partial charge in [-0.3, -0.25) is 0 Å². The summed E-state index contributed by atoms with van der Waals surface area (Å²) in [4.78, 5) is 0. The predicted octanol–water partition coefficient (Wildman–Crippen LogP) is 3.82. The second kappa shape index (κ2) is 4.64. The lowest BCUT2D eigenvalue weighted by atomic mass is 9.73. The molecule has 0 amide bonds. The topological polar surface area (TPSA) is 23.8 Å². The molecule has 14 heavy (non-hydrogen) atoms. The molecule has 0 N–H and O–H groups in total. The minimum atomic E-state index is 0.327. The number of nitriles is 1. The van der Waals surface area contributed by atoms with Crippen molar-refractivity contribution < 1.29 is 0 Å². The zero-order valence-electron chi connectivity index (χ0n) is 8.84. The van der Waals surface area contributed by atoms with Gasteiger partial charge in [0.05, 0.1) is 12.0 Å². The van der Waals surface area contributed by atoms with Crippen LogP contribution in [0.1, 0.15) is 51.4 Å². The highest BCUT2D eigenvalue weighted by molar-refractivity contribution is 5.16. The lowest BCUT2D eigenvalue weighted by Gasteiger charge is -2.30. The van der Waals surface area contributed by atoms with Crippen LogP contribution >= 0.6 is 0 Å². The molecule has 2 rings (SSSR count). The van der Waals surface area contributed by atoms with Gasteiger partial charge in [-0.05, 0) is 38.0 Å². The zero-order valence-corrected chi connectivity index (χ0v) is 8.84. The van der Waals surface area contributed by atoms with E-state index in [0.29, 0.717) is 11.8 Å². The number of rotatable bonds is 0. The minimum absolute atomic E-state index is 0.327. The van der Waals surface area contributed by atoms with E-state index < -0.39 is 0 Å². The maximum Gasteiger partial charge on any atom is 0.0662 e. The Balaban J connectivity index is 2.11. The SMILES string of the molecule is N#C[C@H]1CCC=C2CCCCCC[C@H]21. The first-order valence-electron chi connectivity index (χ1n) is 6.00. The molecule has 0 spiro atoms. The number of hydrogen-bond acceptors (Lipinski definition) is 1. The third-order valence-electron chi connectivity index (χ3n) is 3.74. The van der Waals surface area contributed by atoms with Crippen LogP contribution in [0.15, 0.2) is 11.6 Å². The minimum Gasteiger partial charge on any atom is -0.198 e. The van der Waals surface area contributed by atoms with Crippen molar-refractivity contribution in [1.82, 2.24) is 0 Å². The van der Waals surface area contributed by atoms with Crippen molar-refractivity contribution in [3.8, 4) is 6.07 Å². The van der Waals surface area contributed by atoms with E-state index in [0.717, 1.165) is 12.8 Å². The van der Waals surface area contributed by atoms with Gasteiger partial charge in [0.2, 0.25) is 0 Å². The Morgan fingerprint density at radius 1 is 1.14 bits per heavy atom. The third-order valence-corrected chi connectivity index (χ3v) is 3.74. The second-order valence-electron chi connectivity index (χ2n) is 4.65. The van der Waals surface area contributed by atoms with Crippen LogP contribution in [0.25, 0.3) is 0 Å². The van der Waals surface area contributed by atoms with Crippen molar-refractivity contribution in [2.75, 3.05) is 0 Å². The van der Waals surface area contributed by atoms with E-state index in [1.54, 1.807) is 5.57 Å². The number of allylic oxidation sites excluding steroid dienone is 2. The van der Waals surface area contributed by atoms with Crippen LogP contribution < -0.4 is 0 Å². The number of nitrogens with zero attached hydrogens (tertiary/aromatic N) is 1. The maximum absolute atomic E-state index is 9.11. The summed E-state index contributed by atoms with van der Waals surface area (Å²) in [5.41, 5.74) is 1.61. The maximum atomic E-state index is 9.11. The largest absolute Gasteiger partial charge is 0.198 e. The van der Waals surface area contributed by atoms with Crippen LogP contribution in [0.3, 0.4) is 0 Å². The van der Waals surface area contributed by atoms with Crippen LogP contribution in [0, 0.1) is 23.2 Å². The highest BCUT2D eigenvalue weighted by Crippen LogP contribution is 2.38. The lowest BCUT2D eigenvalue weighted by Crippen LogP contribution is -2.20. The standard InChI is InChI=1S/C13H19N/c14-10-12-8-5-7-11-6-3-1-2-4-9-13(11)12/h7,12-13H,1-6,8-9H2/t12-,13-/m1/s1. The zero-order chi connectivity index (χ0) is 9.80. The van der Waals surface area contributed by atoms with Gasteiger partial charge in [-0.1, -0.05) is 30.9 Å². The Labute approximate surface area is 86.8 Å². The van der Waals surface area contributed by atoms with Gasteiger partial charge in [0.15, 0.2) is 0 Å². The van der Waals surface area contributed by atoms with E-state index in [-0.39, 0.29) is 0 Å². The van der Waals surface area contributed by atoms with Gasteiger partial charge in [-0.25, -0.2) is 0 Å². The molecule has 2 aliphatic carbocycles. The van der Waals surface area contributed by atoms with Crippen molar-refractivity contribution in [2.45, 2.75) is 51.4 Å². The Kier molecular flexibility index (Phi) is 3.24. The van der Waals surface area contributed by atoms with Gasteiger partial charge in [-0.15, -0.1) is 0 Å². The van der Waals surface area contributed by atoms with Crippen LogP contribution in [0.2, 0.25) is 0 Å². The number of fused-ring (bicyclic) bond motifs is 1. The van der Waals surface area contributed by atoms with Crippen molar-refractivity contribution >= 4 is 0 Å². The summed E-state index contributed by atoms with van der Waals surface area (Å²) < 4.78 is 0. The molecule has 1 nitrogen and oxygen atoms in total. The molecule has 0 aliphatic heterocycles. The van der Waals surface area contributed by atoms with E-state index in [1.165, 1.54) is 38.5 Å². The van der Waals surface area contributed by atoms with E-state index in [1.807, 2.05) is 0 Å². The highest BCUT2D eigenvalue weighted by Gasteiger charge is 2.27. The van der Waals surface area contributed by atoms with Crippen LogP contribution in [0.5, 0.6) is 0 Å². The lowest BCUT2D eigenvalue weighted by molar-refractivity contribution is 0.351. The Morgan fingerprint density at radius 2 is 2.00 bits per heavy atom. The van der Waals surface area contributed by atoms with E-state index in [4.69, 9.17) is 5.26 Å². The summed E-state index contributed by atoms with van der Waals surface area (Å²) in [6, 6.07) is 2.51. The quantitative estimate of drug-likeness (QED) is 0.531. The number of hydrogen-bond donors (Lipinski definition) is 0. The molecule has 1 heteroatoms. The molecule has 1 saturated carbocycles. The van der Waals surface area contributed by atoms with E-state index in [9.17, 15) is 0 Å². The summed E-state index contributed by atoms with van der Waals surface area (Å²) in [6.07, 6.45) is 12.6. The Morgan fingerprint density at radius 3 is 2.86 bits per heavy atom. The van der Waals surface area contributed by atoms with Gasteiger partial charge >= 0.3 is 0 Å². The molecule has 0 aromatic rings. The van der Waals surface area contributed by atoms with Crippen molar-refractivity contribution in [1.29, 1.82) is 5.26 Å². The summed E-state index contributed by atoms with van der Waals surface area (Å²) in [6.45, 7) is 0. The van der Waals surface area contributed by atoms with Gasteiger partial charge in [0.1, 0.15) is 0 Å². The van der Waals surface area contributed by atoms with Crippen LogP contribution in [0.4, 0.5) is 0 Å². The first-order valence-corrected chi connectivity index (χ1v) is 6.00. The predicted molar refractivity (Wildman–Crippen MR) is 57.6 cm³/mol. The smallest absolute Gasteiger partial charge is 0.0662 e. The van der Waals surface area contributed by atoms with Gasteiger partial charge in [-0.2, -0.15) is 5.26 Å². The first kappa shape index (κ1) is 9.77.